The van der Waals surface area contributed by atoms with Gasteiger partial charge in [0.15, 0.2) is 5.78 Å². The number of halogens is 2. The van der Waals surface area contributed by atoms with E-state index in [1.54, 1.807) is 12.1 Å². The molecule has 0 saturated carbocycles. The first kappa shape index (κ1) is 12.1. The Hall–Kier alpha value is -0.960. The topological polar surface area (TPSA) is 17.1 Å². The van der Waals surface area contributed by atoms with Crippen LogP contribution in [0.15, 0.2) is 34.8 Å². The fourth-order valence-corrected chi connectivity index (χ4v) is 1.78. The second kappa shape index (κ2) is 5.21. The second-order valence-corrected chi connectivity index (χ2v) is 4.33. The highest BCUT2D eigenvalue weighted by Crippen LogP contribution is 2.22. The molecule has 1 aromatic rings. The van der Waals surface area contributed by atoms with E-state index in [2.05, 4.69) is 22.5 Å². The Kier molecular flexibility index (Phi) is 4.21. The Labute approximate surface area is 97.1 Å². The zero-order valence-corrected chi connectivity index (χ0v) is 10.1. The molecule has 0 aromatic heterocycles. The van der Waals surface area contributed by atoms with Gasteiger partial charge < -0.3 is 0 Å². The molecule has 0 radical (unpaired) electrons. The minimum atomic E-state index is -0.476. The molecule has 0 aliphatic carbocycles. The lowest BCUT2D eigenvalue weighted by molar-refractivity contribution is 0.0978. The summed E-state index contributed by atoms with van der Waals surface area (Å²) >= 11 is 3.17. The summed E-state index contributed by atoms with van der Waals surface area (Å²) in [4.78, 5) is 11.7. The van der Waals surface area contributed by atoms with Gasteiger partial charge in [0.25, 0.3) is 0 Å². The van der Waals surface area contributed by atoms with E-state index in [0.717, 1.165) is 5.57 Å². The monoisotopic (exact) mass is 270 g/mol. The van der Waals surface area contributed by atoms with E-state index in [4.69, 9.17) is 0 Å². The van der Waals surface area contributed by atoms with Crippen molar-refractivity contribution in [2.45, 2.75) is 19.8 Å². The van der Waals surface area contributed by atoms with Crippen molar-refractivity contribution in [3.63, 3.8) is 0 Å². The lowest BCUT2D eigenvalue weighted by atomic mass is 10.0. The molecule has 0 amide bonds. The van der Waals surface area contributed by atoms with Crippen LogP contribution in [0.2, 0.25) is 0 Å². The average molecular weight is 271 g/mol. The van der Waals surface area contributed by atoms with E-state index in [1.165, 1.54) is 6.07 Å². The van der Waals surface area contributed by atoms with Crippen LogP contribution in [0.4, 0.5) is 4.39 Å². The summed E-state index contributed by atoms with van der Waals surface area (Å²) in [6.07, 6.45) is 0.897. The third kappa shape index (κ3) is 3.27. The van der Waals surface area contributed by atoms with E-state index in [9.17, 15) is 9.18 Å². The van der Waals surface area contributed by atoms with Crippen LogP contribution >= 0.6 is 15.9 Å². The summed E-state index contributed by atoms with van der Waals surface area (Å²) in [5.41, 5.74) is 1.06. The minimum Gasteiger partial charge on any atom is -0.294 e. The molecular formula is C12H12BrFO. The number of hydrogen-bond acceptors (Lipinski definition) is 1. The molecule has 3 heteroatoms. The van der Waals surface area contributed by atoms with E-state index in [0.29, 0.717) is 17.3 Å². The normalized spacial score (nSPS) is 10.1. The van der Waals surface area contributed by atoms with Gasteiger partial charge in [0.2, 0.25) is 0 Å². The van der Waals surface area contributed by atoms with E-state index >= 15 is 0 Å². The zero-order chi connectivity index (χ0) is 11.4. The number of carbonyl (C=O) groups excluding carboxylic acids is 1. The van der Waals surface area contributed by atoms with Crippen molar-refractivity contribution in [2.24, 2.45) is 0 Å². The molecule has 0 atom stereocenters. The van der Waals surface area contributed by atoms with Gasteiger partial charge in [0, 0.05) is 10.9 Å². The first-order valence-electron chi connectivity index (χ1n) is 4.64. The molecule has 1 rings (SSSR count). The number of Topliss-reactive ketones (excluding diaryl/α,β-unsaturated/α-hetero) is 1. The number of allylic oxidation sites excluding steroid dienone is 1. The third-order valence-corrected chi connectivity index (χ3v) is 2.68. The largest absolute Gasteiger partial charge is 0.294 e. The highest BCUT2D eigenvalue weighted by Gasteiger charge is 2.14. The summed E-state index contributed by atoms with van der Waals surface area (Å²) in [5.74, 6) is -0.668. The highest BCUT2D eigenvalue weighted by molar-refractivity contribution is 9.10. The Balaban J connectivity index is 2.86. The van der Waals surface area contributed by atoms with Gasteiger partial charge in [-0.05, 0) is 41.4 Å². The van der Waals surface area contributed by atoms with E-state index in [1.807, 2.05) is 6.92 Å². The number of carbonyl (C=O) groups is 1. The van der Waals surface area contributed by atoms with Crippen molar-refractivity contribution < 1.29 is 9.18 Å². The third-order valence-electron chi connectivity index (χ3n) is 2.02. The first-order chi connectivity index (χ1) is 7.02. The Morgan fingerprint density at radius 1 is 1.47 bits per heavy atom. The maximum atomic E-state index is 13.4. The van der Waals surface area contributed by atoms with Crippen molar-refractivity contribution >= 4 is 21.7 Å². The fourth-order valence-electron chi connectivity index (χ4n) is 1.22. The van der Waals surface area contributed by atoms with Gasteiger partial charge >= 0.3 is 0 Å². The van der Waals surface area contributed by atoms with Crippen molar-refractivity contribution in [2.75, 3.05) is 0 Å². The van der Waals surface area contributed by atoms with Gasteiger partial charge in [0.05, 0.1) is 5.56 Å². The van der Waals surface area contributed by atoms with Gasteiger partial charge in [-0.15, -0.1) is 6.58 Å². The van der Waals surface area contributed by atoms with Crippen LogP contribution in [-0.4, -0.2) is 5.78 Å². The van der Waals surface area contributed by atoms with Crippen molar-refractivity contribution in [1.82, 2.24) is 0 Å². The molecule has 0 spiro atoms. The van der Waals surface area contributed by atoms with Gasteiger partial charge in [-0.1, -0.05) is 11.6 Å². The van der Waals surface area contributed by atoms with Gasteiger partial charge in [-0.25, -0.2) is 4.39 Å². The molecule has 80 valence electrons. The average Bonchev–Trinajstić information content (AvgIpc) is 2.14. The summed E-state index contributed by atoms with van der Waals surface area (Å²) in [5, 5.41) is 0. The molecule has 0 aliphatic rings. The number of rotatable bonds is 4. The molecule has 0 saturated heterocycles. The summed E-state index contributed by atoms with van der Waals surface area (Å²) in [7, 11) is 0. The zero-order valence-electron chi connectivity index (χ0n) is 8.52. The molecular weight excluding hydrogens is 259 g/mol. The fraction of sp³-hybridized carbons (Fsp3) is 0.250. The maximum absolute atomic E-state index is 13.4. The van der Waals surface area contributed by atoms with E-state index < -0.39 is 5.82 Å². The lowest BCUT2D eigenvalue weighted by Gasteiger charge is -2.04. The van der Waals surface area contributed by atoms with Gasteiger partial charge in [-0.2, -0.15) is 0 Å². The Morgan fingerprint density at radius 3 is 2.67 bits per heavy atom. The SMILES string of the molecule is C=C(C)CCC(=O)c1c(F)cccc1Br. The van der Waals surface area contributed by atoms with Crippen molar-refractivity contribution in [3.05, 3.63) is 46.2 Å². The van der Waals surface area contributed by atoms with Crippen LogP contribution in [0.3, 0.4) is 0 Å². The molecule has 0 heterocycles. The standard InChI is InChI=1S/C12H12BrFO/c1-8(2)6-7-11(15)12-9(13)4-3-5-10(12)14/h3-5H,1,6-7H2,2H3. The summed E-state index contributed by atoms with van der Waals surface area (Å²) in [6, 6.07) is 4.52. The van der Waals surface area contributed by atoms with Crippen molar-refractivity contribution in [1.29, 1.82) is 0 Å². The molecule has 1 aromatic carbocycles. The number of ketones is 1. The van der Waals surface area contributed by atoms with Crippen LogP contribution in [0.5, 0.6) is 0 Å². The van der Waals surface area contributed by atoms with Crippen molar-refractivity contribution in [3.8, 4) is 0 Å². The highest BCUT2D eigenvalue weighted by atomic mass is 79.9. The molecule has 0 unspecified atom stereocenters. The predicted octanol–water partition coefficient (Wildman–Crippen LogP) is 4.13. The number of hydrogen-bond donors (Lipinski definition) is 0. The first-order valence-corrected chi connectivity index (χ1v) is 5.43. The van der Waals surface area contributed by atoms with Crippen LogP contribution in [0, 0.1) is 5.82 Å². The van der Waals surface area contributed by atoms with Crippen LogP contribution in [0.1, 0.15) is 30.1 Å². The molecule has 0 bridgehead atoms. The Morgan fingerprint density at radius 2 is 2.13 bits per heavy atom. The molecule has 1 nitrogen and oxygen atoms in total. The maximum Gasteiger partial charge on any atom is 0.167 e. The quantitative estimate of drug-likeness (QED) is 0.594. The smallest absolute Gasteiger partial charge is 0.167 e. The predicted molar refractivity (Wildman–Crippen MR) is 62.5 cm³/mol. The molecule has 0 aliphatic heterocycles. The summed E-state index contributed by atoms with van der Waals surface area (Å²) < 4.78 is 13.9. The minimum absolute atomic E-state index is 0.138. The Bertz CT molecular complexity index is 378. The van der Waals surface area contributed by atoms with Crippen LogP contribution in [-0.2, 0) is 0 Å². The molecule has 15 heavy (non-hydrogen) atoms. The van der Waals surface area contributed by atoms with Crippen LogP contribution < -0.4 is 0 Å². The van der Waals surface area contributed by atoms with Gasteiger partial charge in [0.1, 0.15) is 5.82 Å². The molecule has 0 fully saturated rings. The lowest BCUT2D eigenvalue weighted by Crippen LogP contribution is -2.03. The van der Waals surface area contributed by atoms with Crippen LogP contribution in [0.25, 0.3) is 0 Å². The van der Waals surface area contributed by atoms with Gasteiger partial charge in [-0.3, -0.25) is 4.79 Å². The number of benzene rings is 1. The summed E-state index contributed by atoms with van der Waals surface area (Å²) in [6.45, 7) is 5.56. The molecule has 0 N–H and O–H groups in total. The van der Waals surface area contributed by atoms with E-state index in [-0.39, 0.29) is 11.3 Å². The second-order valence-electron chi connectivity index (χ2n) is 3.48.